The first kappa shape index (κ1) is 90.6. The van der Waals surface area contributed by atoms with E-state index in [0.717, 1.165) is 31.4 Å². The van der Waals surface area contributed by atoms with E-state index in [-0.39, 0.29) is 115 Å². The third kappa shape index (κ3) is 35.8. The average molecular weight is 1450 g/mol. The summed E-state index contributed by atoms with van der Waals surface area (Å²) in [6, 6.07) is 8.16. The maximum Gasteiger partial charge on any atom is 0.242 e. The first-order chi connectivity index (χ1) is 48.6. The number of imide groups is 1. The van der Waals surface area contributed by atoms with E-state index in [1.807, 2.05) is 71.9 Å². The molecule has 2 unspecified atom stereocenters. The molecule has 11 atom stereocenters. The number of amides is 6. The van der Waals surface area contributed by atoms with E-state index < -0.39 is 47.5 Å². The van der Waals surface area contributed by atoms with Crippen LogP contribution >= 0.6 is 11.8 Å². The number of unbranched alkanes of at least 4 members (excludes halogenated alkanes) is 2. The minimum Gasteiger partial charge on any atom is -0.388 e. The number of carbonyl (C=O) groups excluding carboxylic acids is 8. The second-order valence-electron chi connectivity index (χ2n) is 26.9. The first-order valence-electron chi connectivity index (χ1n) is 36.9. The number of likely N-dealkylation sites (N-methyl/N-ethyl adjacent to an activating group) is 1. The summed E-state index contributed by atoms with van der Waals surface area (Å²) in [5, 5.41) is 19.2. The van der Waals surface area contributed by atoms with Crippen molar-refractivity contribution in [1.29, 1.82) is 0 Å². The Morgan fingerprint density at radius 1 is 0.644 bits per heavy atom. The number of nitrogens with one attached hydrogen (secondary N) is 3. The maximum absolute atomic E-state index is 14.5. The highest BCUT2D eigenvalue weighted by atomic mass is 32.2. The number of nitrogens with zero attached hydrogens (tertiary/aromatic N) is 3. The number of likely N-dealkylation sites (tertiary alicyclic amines) is 2. The third-order valence-electron chi connectivity index (χ3n) is 18.7. The molecule has 2 aliphatic heterocycles. The number of Topliss-reactive ketones (excluding diaryl/α,β-unsaturated/α-hetero) is 2. The van der Waals surface area contributed by atoms with E-state index in [0.29, 0.717) is 163 Å². The van der Waals surface area contributed by atoms with Gasteiger partial charge < -0.3 is 78.1 Å². The molecule has 3 rings (SSSR count). The Labute approximate surface area is 607 Å². The first-order valence-corrected chi connectivity index (χ1v) is 37.9. The van der Waals surface area contributed by atoms with Crippen LogP contribution in [0, 0.1) is 35.5 Å². The van der Waals surface area contributed by atoms with Gasteiger partial charge in [0.25, 0.3) is 0 Å². The number of ether oxygens (including phenoxy) is 11. The van der Waals surface area contributed by atoms with Gasteiger partial charge in [-0.2, -0.15) is 0 Å². The summed E-state index contributed by atoms with van der Waals surface area (Å²) in [5.74, 6) is -2.79. The molecule has 2 heterocycles. The highest BCUT2D eigenvalue weighted by Crippen LogP contribution is 2.32. The molecule has 0 bridgehead atoms. The lowest BCUT2D eigenvalue weighted by molar-refractivity contribution is -0.141. The van der Waals surface area contributed by atoms with Crippen LogP contribution in [0.25, 0.3) is 0 Å². The van der Waals surface area contributed by atoms with Gasteiger partial charge in [0, 0.05) is 110 Å². The largest absolute Gasteiger partial charge is 0.388 e. The van der Waals surface area contributed by atoms with Crippen LogP contribution in [0.4, 0.5) is 0 Å². The van der Waals surface area contributed by atoms with Crippen molar-refractivity contribution < 1.29 is 95.6 Å². The van der Waals surface area contributed by atoms with Crippen molar-refractivity contribution in [2.75, 3.05) is 179 Å². The smallest absolute Gasteiger partial charge is 0.242 e. The van der Waals surface area contributed by atoms with Crippen molar-refractivity contribution in [2.45, 2.75) is 174 Å². The number of aliphatic hydroxyl groups excluding tert-OH is 1. The van der Waals surface area contributed by atoms with Gasteiger partial charge >= 0.3 is 0 Å². The molecule has 580 valence electrons. The standard InChI is InChI=1S/C74H128N6O20S/c1-13-55(6)69(63(90-11)52-79-28-20-23-60(79)72(91-12)57(8)61(81)49-56(7)71(87)58-21-16-14-17-22-58)77-73(88)59(53(2)3)50-62(82)70(54(4)5)78(10)67(85)24-18-15-19-29-80-68(86)51-64(74(80)89)101-48-26-66(84)76-27-31-93-33-35-95-37-39-97-41-43-99-45-47-100-46-44-98-42-40-96-38-36-94-34-32-92-30-25-65(83)75-9/h14,16-17,21-22,53-57,59-60,63-64,69-72,87H,13,15,18-20,23-52H2,1-12H3,(H,75,83)(H,76,84)(H,77,88)/t55-,56-,57-,59-,60-,63?,64?,69-,70-,71+,72+/m0/s1. The number of hydrogen-bond donors (Lipinski definition) is 4. The molecule has 0 radical (unpaired) electrons. The number of aliphatic hydroxyl groups is 1. The lowest BCUT2D eigenvalue weighted by Gasteiger charge is -2.39. The van der Waals surface area contributed by atoms with E-state index in [1.165, 1.54) is 21.6 Å². The van der Waals surface area contributed by atoms with Crippen molar-refractivity contribution in [3.05, 3.63) is 35.9 Å². The molecule has 6 amide bonds. The lowest BCUT2D eigenvalue weighted by atomic mass is 9.84. The Hall–Kier alpha value is -4.59. The number of carbonyl (C=O) groups is 8. The predicted molar refractivity (Wildman–Crippen MR) is 386 cm³/mol. The molecule has 26 nitrogen and oxygen atoms in total. The van der Waals surface area contributed by atoms with Gasteiger partial charge in [0.05, 0.1) is 155 Å². The van der Waals surface area contributed by atoms with E-state index in [2.05, 4.69) is 34.7 Å². The summed E-state index contributed by atoms with van der Waals surface area (Å²) >= 11 is 1.30. The monoisotopic (exact) mass is 1450 g/mol. The molecule has 27 heteroatoms. The maximum atomic E-state index is 14.5. The average Bonchev–Trinajstić information content (AvgIpc) is 1.81. The second kappa shape index (κ2) is 54.1. The van der Waals surface area contributed by atoms with Gasteiger partial charge in [0.2, 0.25) is 35.4 Å². The summed E-state index contributed by atoms with van der Waals surface area (Å²) < 4.78 is 61.7. The molecule has 2 saturated heterocycles. The minimum atomic E-state index is -0.768. The van der Waals surface area contributed by atoms with Crippen LogP contribution in [0.3, 0.4) is 0 Å². The number of rotatable bonds is 62. The molecule has 2 fully saturated rings. The van der Waals surface area contributed by atoms with Gasteiger partial charge in [-0.25, -0.2) is 0 Å². The number of hydrogen-bond acceptors (Lipinski definition) is 22. The molecular formula is C74H128N6O20S. The van der Waals surface area contributed by atoms with Gasteiger partial charge in [0.15, 0.2) is 5.78 Å². The Morgan fingerprint density at radius 2 is 1.19 bits per heavy atom. The molecule has 0 spiro atoms. The van der Waals surface area contributed by atoms with Crippen LogP contribution in [-0.2, 0) is 90.5 Å². The SMILES string of the molecule is CC[C@H](C)[C@H](NC(=O)[C@@H](CC(=O)[C@H](C(C)C)N(C)C(=O)CCCCCN1C(=O)CC(SCCC(=O)NCCOCCOCCOCCOCCOCCOCCOCCOCCOCCC(=O)NC)C1=O)C(C)C)C(CN1CCC[C@H]1[C@H](OC)[C@@H](C)C(=O)C[C@H](C)[C@@H](O)c1ccccc1)OC. The number of thioether (sulfide) groups is 1. The summed E-state index contributed by atoms with van der Waals surface area (Å²) in [7, 11) is 6.53. The van der Waals surface area contributed by atoms with Crippen LogP contribution in [0.5, 0.6) is 0 Å². The molecule has 2 aliphatic rings. The van der Waals surface area contributed by atoms with Crippen LogP contribution in [0.2, 0.25) is 0 Å². The van der Waals surface area contributed by atoms with Crippen molar-refractivity contribution in [3.63, 3.8) is 0 Å². The van der Waals surface area contributed by atoms with E-state index in [4.69, 9.17) is 52.1 Å². The molecule has 0 saturated carbocycles. The zero-order valence-corrected chi connectivity index (χ0v) is 63.9. The zero-order valence-electron chi connectivity index (χ0n) is 63.1. The Morgan fingerprint density at radius 3 is 1.69 bits per heavy atom. The van der Waals surface area contributed by atoms with E-state index in [1.54, 1.807) is 28.3 Å². The summed E-state index contributed by atoms with van der Waals surface area (Å²) in [5.41, 5.74) is 0.777. The highest BCUT2D eigenvalue weighted by Gasteiger charge is 2.43. The van der Waals surface area contributed by atoms with Crippen LogP contribution in [0.15, 0.2) is 30.3 Å². The number of methoxy groups -OCH3 is 2. The quantitative estimate of drug-likeness (QED) is 0.0435. The minimum absolute atomic E-state index is 0.0132. The van der Waals surface area contributed by atoms with E-state index in [9.17, 15) is 43.5 Å². The molecule has 4 N–H and O–H groups in total. The Kier molecular flexibility index (Phi) is 48.5. The molecular weight excluding hydrogens is 1320 g/mol. The fraction of sp³-hybridized carbons (Fsp3) is 0.811. The molecule has 0 aromatic heterocycles. The highest BCUT2D eigenvalue weighted by molar-refractivity contribution is 8.00. The van der Waals surface area contributed by atoms with E-state index >= 15 is 0 Å². The normalized spacial score (nSPS) is 17.8. The van der Waals surface area contributed by atoms with Crippen molar-refractivity contribution in [2.24, 2.45) is 35.5 Å². The van der Waals surface area contributed by atoms with Gasteiger partial charge in [-0.3, -0.25) is 48.2 Å². The van der Waals surface area contributed by atoms with Crippen molar-refractivity contribution in [3.8, 4) is 0 Å². The third-order valence-corrected chi connectivity index (χ3v) is 19.9. The lowest BCUT2D eigenvalue weighted by Crippen LogP contribution is -2.56. The zero-order chi connectivity index (χ0) is 74.3. The van der Waals surface area contributed by atoms with Crippen molar-refractivity contribution >= 4 is 58.8 Å². The summed E-state index contributed by atoms with van der Waals surface area (Å²) in [4.78, 5) is 111. The van der Waals surface area contributed by atoms with Gasteiger partial charge in [-0.1, -0.05) is 98.6 Å². The number of benzene rings is 1. The van der Waals surface area contributed by atoms with Gasteiger partial charge in [-0.15, -0.1) is 11.8 Å². The van der Waals surface area contributed by atoms with Crippen LogP contribution in [-0.4, -0.2) is 282 Å². The predicted octanol–water partition coefficient (Wildman–Crippen LogP) is 5.90. The molecule has 101 heavy (non-hydrogen) atoms. The molecule has 1 aromatic rings. The Bertz CT molecular complexity index is 2470. The molecule has 0 aliphatic carbocycles. The van der Waals surface area contributed by atoms with Crippen LogP contribution in [0.1, 0.15) is 144 Å². The van der Waals surface area contributed by atoms with Crippen molar-refractivity contribution in [1.82, 2.24) is 30.7 Å². The fourth-order valence-corrected chi connectivity index (χ4v) is 13.6. The fourth-order valence-electron chi connectivity index (χ4n) is 12.5. The topological polar surface area (TPSA) is 304 Å². The van der Waals surface area contributed by atoms with Gasteiger partial charge in [-0.05, 0) is 61.5 Å². The molecule has 1 aromatic carbocycles. The second-order valence-corrected chi connectivity index (χ2v) is 28.2. The summed E-state index contributed by atoms with van der Waals surface area (Å²) in [6.45, 7) is 25.0. The van der Waals surface area contributed by atoms with Gasteiger partial charge in [0.1, 0.15) is 5.78 Å². The number of ketones is 2. The van der Waals surface area contributed by atoms with Crippen LogP contribution < -0.4 is 16.0 Å². The Balaban J connectivity index is 1.26. The summed E-state index contributed by atoms with van der Waals surface area (Å²) in [6.07, 6.45) is 3.41.